The lowest BCUT2D eigenvalue weighted by atomic mass is 9.96. The summed E-state index contributed by atoms with van der Waals surface area (Å²) in [5.41, 5.74) is -0.267. The van der Waals surface area contributed by atoms with Crippen LogP contribution in [0.1, 0.15) is 46.5 Å². The summed E-state index contributed by atoms with van der Waals surface area (Å²) in [6.07, 6.45) is 3.41. The lowest BCUT2D eigenvalue weighted by molar-refractivity contribution is -0.139. The van der Waals surface area contributed by atoms with E-state index in [1.165, 1.54) is 0 Å². The van der Waals surface area contributed by atoms with Crippen LogP contribution >= 0.6 is 0 Å². The summed E-state index contributed by atoms with van der Waals surface area (Å²) < 4.78 is 0. The van der Waals surface area contributed by atoms with Gasteiger partial charge in [-0.1, -0.05) is 13.8 Å². The first-order chi connectivity index (χ1) is 7.91. The van der Waals surface area contributed by atoms with Crippen molar-refractivity contribution < 1.29 is 14.7 Å². The predicted molar refractivity (Wildman–Crippen MR) is 64.8 cm³/mol. The Morgan fingerprint density at radius 1 is 1.35 bits per heavy atom. The van der Waals surface area contributed by atoms with Crippen molar-refractivity contribution in [1.29, 1.82) is 0 Å². The smallest absolute Gasteiger partial charge is 0.326 e. The van der Waals surface area contributed by atoms with Crippen LogP contribution in [0.3, 0.4) is 0 Å². The van der Waals surface area contributed by atoms with E-state index in [-0.39, 0.29) is 17.5 Å². The Kier molecular flexibility index (Phi) is 4.37. The van der Waals surface area contributed by atoms with Crippen LogP contribution in [-0.4, -0.2) is 28.7 Å². The van der Waals surface area contributed by atoms with Gasteiger partial charge in [-0.2, -0.15) is 0 Å². The van der Waals surface area contributed by atoms with E-state index in [0.717, 1.165) is 25.7 Å². The molecule has 0 radical (unpaired) electrons. The van der Waals surface area contributed by atoms with Crippen molar-refractivity contribution in [2.24, 2.45) is 5.92 Å². The zero-order valence-corrected chi connectivity index (χ0v) is 10.7. The number of carbonyl (C=O) groups is 2. The van der Waals surface area contributed by atoms with Gasteiger partial charge in [0, 0.05) is 5.54 Å². The Hall–Kier alpha value is -1.26. The third-order valence-electron chi connectivity index (χ3n) is 3.62. The highest BCUT2D eigenvalue weighted by atomic mass is 16.4. The molecule has 98 valence electrons. The highest BCUT2D eigenvalue weighted by Crippen LogP contribution is 2.32. The van der Waals surface area contributed by atoms with E-state index in [2.05, 4.69) is 10.6 Å². The van der Waals surface area contributed by atoms with Crippen molar-refractivity contribution in [2.75, 3.05) is 0 Å². The van der Waals surface area contributed by atoms with Gasteiger partial charge in [0.1, 0.15) is 6.04 Å². The molecule has 5 heteroatoms. The van der Waals surface area contributed by atoms with E-state index in [4.69, 9.17) is 5.11 Å². The number of aliphatic carboxylic acids is 1. The van der Waals surface area contributed by atoms with Gasteiger partial charge >= 0.3 is 12.0 Å². The normalized spacial score (nSPS) is 17.4. The molecule has 1 aliphatic carbocycles. The van der Waals surface area contributed by atoms with Gasteiger partial charge in [-0.25, -0.2) is 9.59 Å². The molecule has 0 bridgehead atoms. The average Bonchev–Trinajstić information content (AvgIpc) is 3.09. The molecule has 0 aliphatic heterocycles. The molecule has 0 saturated heterocycles. The van der Waals surface area contributed by atoms with Gasteiger partial charge in [0.2, 0.25) is 0 Å². The number of carbonyl (C=O) groups excluding carboxylic acids is 1. The van der Waals surface area contributed by atoms with Crippen molar-refractivity contribution >= 4 is 12.0 Å². The topological polar surface area (TPSA) is 78.4 Å². The van der Waals surface area contributed by atoms with E-state index < -0.39 is 12.0 Å². The molecule has 17 heavy (non-hydrogen) atoms. The number of carboxylic acids is 1. The monoisotopic (exact) mass is 242 g/mol. The summed E-state index contributed by atoms with van der Waals surface area (Å²) in [4.78, 5) is 22.7. The number of nitrogens with one attached hydrogen (secondary N) is 2. The first-order valence-corrected chi connectivity index (χ1v) is 6.23. The van der Waals surface area contributed by atoms with Crippen molar-refractivity contribution in [1.82, 2.24) is 10.6 Å². The van der Waals surface area contributed by atoms with E-state index in [0.29, 0.717) is 0 Å². The summed E-state index contributed by atoms with van der Waals surface area (Å²) in [5.74, 6) is -0.842. The predicted octanol–water partition coefficient (Wildman–Crippen LogP) is 1.73. The van der Waals surface area contributed by atoms with Crippen molar-refractivity contribution in [2.45, 2.75) is 58.0 Å². The summed E-state index contributed by atoms with van der Waals surface area (Å²) in [7, 11) is 0. The van der Waals surface area contributed by atoms with Crippen LogP contribution in [0.25, 0.3) is 0 Å². The number of hydrogen-bond donors (Lipinski definition) is 3. The fourth-order valence-electron chi connectivity index (χ4n) is 1.69. The maximum Gasteiger partial charge on any atom is 0.326 e. The van der Waals surface area contributed by atoms with Crippen molar-refractivity contribution in [3.63, 3.8) is 0 Å². The van der Waals surface area contributed by atoms with Crippen LogP contribution in [0.5, 0.6) is 0 Å². The zero-order valence-electron chi connectivity index (χ0n) is 10.7. The second-order valence-corrected chi connectivity index (χ2v) is 5.02. The van der Waals surface area contributed by atoms with Crippen molar-refractivity contribution in [3.05, 3.63) is 0 Å². The minimum atomic E-state index is -0.947. The first kappa shape index (κ1) is 13.8. The fourth-order valence-corrected chi connectivity index (χ4v) is 1.69. The molecule has 1 saturated carbocycles. The number of amides is 2. The summed E-state index contributed by atoms with van der Waals surface area (Å²) in [6, 6.07) is -1.12. The number of hydrogen-bond acceptors (Lipinski definition) is 2. The van der Waals surface area contributed by atoms with Crippen LogP contribution < -0.4 is 10.6 Å². The largest absolute Gasteiger partial charge is 0.480 e. The Labute approximate surface area is 102 Å². The Morgan fingerprint density at radius 2 is 1.88 bits per heavy atom. The van der Waals surface area contributed by atoms with Gasteiger partial charge in [-0.15, -0.1) is 0 Å². The number of carboxylic acid groups (broad SMARTS) is 1. The van der Waals surface area contributed by atoms with Crippen LogP contribution in [0.15, 0.2) is 0 Å². The average molecular weight is 242 g/mol. The molecule has 0 heterocycles. The summed E-state index contributed by atoms with van der Waals surface area (Å²) in [6.45, 7) is 5.96. The molecule has 1 atom stereocenters. The molecule has 0 aromatic heterocycles. The van der Waals surface area contributed by atoms with Crippen LogP contribution in [0, 0.1) is 5.92 Å². The SMILES string of the molecule is CCC(C)(CC)NC(=O)NC(C(=O)O)C1CC1. The van der Waals surface area contributed by atoms with E-state index in [1.807, 2.05) is 20.8 Å². The minimum Gasteiger partial charge on any atom is -0.480 e. The van der Waals surface area contributed by atoms with Gasteiger partial charge in [0.25, 0.3) is 0 Å². The molecule has 3 N–H and O–H groups in total. The first-order valence-electron chi connectivity index (χ1n) is 6.23. The lowest BCUT2D eigenvalue weighted by Gasteiger charge is -2.29. The molecule has 0 spiro atoms. The summed E-state index contributed by atoms with van der Waals surface area (Å²) >= 11 is 0. The molecular formula is C12H22N2O3. The van der Waals surface area contributed by atoms with Gasteiger partial charge in [-0.3, -0.25) is 0 Å². The molecule has 0 aromatic carbocycles. The molecule has 1 unspecified atom stereocenters. The molecule has 2 amide bonds. The van der Waals surface area contributed by atoms with Crippen LogP contribution in [0.2, 0.25) is 0 Å². The Morgan fingerprint density at radius 3 is 2.24 bits per heavy atom. The molecular weight excluding hydrogens is 220 g/mol. The quantitative estimate of drug-likeness (QED) is 0.663. The molecule has 5 nitrogen and oxygen atoms in total. The standard InChI is InChI=1S/C12H22N2O3/c1-4-12(3,5-2)14-11(17)13-9(10(15)16)8-6-7-8/h8-9H,4-7H2,1-3H3,(H,15,16)(H2,13,14,17). The molecule has 1 rings (SSSR count). The lowest BCUT2D eigenvalue weighted by Crippen LogP contribution is -2.54. The van der Waals surface area contributed by atoms with Crippen LogP contribution in [0.4, 0.5) is 4.79 Å². The summed E-state index contributed by atoms with van der Waals surface area (Å²) in [5, 5.41) is 14.4. The number of rotatable bonds is 6. The van der Waals surface area contributed by atoms with Gasteiger partial charge in [0.15, 0.2) is 0 Å². The highest BCUT2D eigenvalue weighted by Gasteiger charge is 2.37. The van der Waals surface area contributed by atoms with E-state index >= 15 is 0 Å². The van der Waals surface area contributed by atoms with E-state index in [1.54, 1.807) is 0 Å². The second kappa shape index (κ2) is 5.38. The van der Waals surface area contributed by atoms with Crippen LogP contribution in [-0.2, 0) is 4.79 Å². The molecule has 0 aromatic rings. The van der Waals surface area contributed by atoms with Crippen molar-refractivity contribution in [3.8, 4) is 0 Å². The Balaban J connectivity index is 2.50. The maximum absolute atomic E-state index is 11.7. The molecule has 1 fully saturated rings. The van der Waals surface area contributed by atoms with E-state index in [9.17, 15) is 9.59 Å². The molecule has 1 aliphatic rings. The van der Waals surface area contributed by atoms with Gasteiger partial charge in [-0.05, 0) is 38.5 Å². The minimum absolute atomic E-state index is 0.104. The van der Waals surface area contributed by atoms with Gasteiger partial charge < -0.3 is 15.7 Å². The Bertz CT molecular complexity index is 296. The fraction of sp³-hybridized carbons (Fsp3) is 0.833. The third-order valence-corrected chi connectivity index (χ3v) is 3.62. The zero-order chi connectivity index (χ0) is 13.1. The second-order valence-electron chi connectivity index (χ2n) is 5.02. The third kappa shape index (κ3) is 3.91. The highest BCUT2D eigenvalue weighted by molar-refractivity contribution is 5.83. The maximum atomic E-state index is 11.7. The van der Waals surface area contributed by atoms with Gasteiger partial charge in [0.05, 0.1) is 0 Å². The number of urea groups is 1.